The third kappa shape index (κ3) is 1.80. The number of carbonyl (C=O) groups excluding carboxylic acids is 1. The number of esters is 1. The predicted octanol–water partition coefficient (Wildman–Crippen LogP) is 0.794. The van der Waals surface area contributed by atoms with Gasteiger partial charge in [0.15, 0.2) is 0 Å². The molecule has 0 radical (unpaired) electrons. The lowest BCUT2D eigenvalue weighted by Crippen LogP contribution is -2.22. The molecule has 15 heavy (non-hydrogen) atoms. The zero-order chi connectivity index (χ0) is 10.8. The minimum absolute atomic E-state index is 0.422. The van der Waals surface area contributed by atoms with Crippen LogP contribution < -0.4 is 10.5 Å². The molecule has 2 N–H and O–H groups in total. The molecule has 1 aromatic carbocycles. The van der Waals surface area contributed by atoms with Crippen LogP contribution in [0.15, 0.2) is 18.2 Å². The molecule has 1 aliphatic heterocycles. The van der Waals surface area contributed by atoms with Gasteiger partial charge in [0, 0.05) is 6.42 Å². The molecule has 0 bridgehead atoms. The Hall–Kier alpha value is -1.55. The molecule has 1 aromatic rings. The topological polar surface area (TPSA) is 61.5 Å². The summed E-state index contributed by atoms with van der Waals surface area (Å²) in [7, 11) is 1.33. The molecule has 1 heterocycles. The van der Waals surface area contributed by atoms with Crippen molar-refractivity contribution in [2.75, 3.05) is 13.7 Å². The van der Waals surface area contributed by atoms with Crippen molar-refractivity contribution in [1.82, 2.24) is 0 Å². The smallest absolute Gasteiger partial charge is 0.327 e. The van der Waals surface area contributed by atoms with Crippen molar-refractivity contribution in [3.63, 3.8) is 0 Å². The van der Waals surface area contributed by atoms with Crippen molar-refractivity contribution in [3.05, 3.63) is 29.3 Å². The van der Waals surface area contributed by atoms with Crippen LogP contribution in [-0.2, 0) is 16.0 Å². The Morgan fingerprint density at radius 2 is 2.40 bits per heavy atom. The third-order valence-corrected chi connectivity index (χ3v) is 2.53. The highest BCUT2D eigenvalue weighted by molar-refractivity contribution is 5.77. The molecule has 4 heteroatoms. The number of ether oxygens (including phenoxy) is 2. The van der Waals surface area contributed by atoms with Crippen LogP contribution in [0.3, 0.4) is 0 Å². The van der Waals surface area contributed by atoms with E-state index in [4.69, 9.17) is 10.5 Å². The van der Waals surface area contributed by atoms with Gasteiger partial charge in [0.2, 0.25) is 0 Å². The molecule has 0 saturated carbocycles. The van der Waals surface area contributed by atoms with Crippen LogP contribution in [0.5, 0.6) is 5.75 Å². The predicted molar refractivity (Wildman–Crippen MR) is 54.6 cm³/mol. The van der Waals surface area contributed by atoms with E-state index < -0.39 is 12.0 Å². The number of hydrogen-bond acceptors (Lipinski definition) is 4. The van der Waals surface area contributed by atoms with Gasteiger partial charge in [-0.15, -0.1) is 0 Å². The van der Waals surface area contributed by atoms with Gasteiger partial charge in [0.05, 0.1) is 13.7 Å². The number of nitrogens with two attached hydrogens (primary N) is 1. The summed E-state index contributed by atoms with van der Waals surface area (Å²) in [5.41, 5.74) is 7.60. The maximum atomic E-state index is 11.2. The lowest BCUT2D eigenvalue weighted by molar-refractivity contribution is -0.142. The molecule has 4 nitrogen and oxygen atoms in total. The normalized spacial score (nSPS) is 15.3. The molecular weight excluding hydrogens is 194 g/mol. The van der Waals surface area contributed by atoms with Crippen molar-refractivity contribution >= 4 is 5.97 Å². The minimum atomic E-state index is -0.708. The van der Waals surface area contributed by atoms with E-state index in [1.54, 1.807) is 6.07 Å². The Morgan fingerprint density at radius 3 is 3.13 bits per heavy atom. The van der Waals surface area contributed by atoms with Crippen LogP contribution in [0.2, 0.25) is 0 Å². The second-order valence-corrected chi connectivity index (χ2v) is 3.47. The SMILES string of the molecule is COC(=O)[C@@H](N)c1ccc2c(c1)CCO2. The lowest BCUT2D eigenvalue weighted by atomic mass is 10.0. The highest BCUT2D eigenvalue weighted by atomic mass is 16.5. The van der Waals surface area contributed by atoms with Gasteiger partial charge in [-0.25, -0.2) is 0 Å². The van der Waals surface area contributed by atoms with E-state index in [-0.39, 0.29) is 0 Å². The molecule has 0 saturated heterocycles. The molecule has 80 valence electrons. The molecule has 0 unspecified atom stereocenters. The van der Waals surface area contributed by atoms with Crippen LogP contribution in [0, 0.1) is 0 Å². The van der Waals surface area contributed by atoms with Crippen LogP contribution in [0.4, 0.5) is 0 Å². The molecule has 1 aliphatic rings. The first kappa shape index (κ1) is 9.98. The summed E-state index contributed by atoms with van der Waals surface area (Å²) in [6, 6.07) is 4.84. The van der Waals surface area contributed by atoms with Gasteiger partial charge in [-0.2, -0.15) is 0 Å². The van der Waals surface area contributed by atoms with Gasteiger partial charge in [0.1, 0.15) is 11.8 Å². The van der Waals surface area contributed by atoms with E-state index in [1.165, 1.54) is 7.11 Å². The van der Waals surface area contributed by atoms with E-state index >= 15 is 0 Å². The van der Waals surface area contributed by atoms with Gasteiger partial charge < -0.3 is 15.2 Å². The largest absolute Gasteiger partial charge is 0.493 e. The summed E-state index contributed by atoms with van der Waals surface area (Å²) >= 11 is 0. The van der Waals surface area contributed by atoms with Crippen LogP contribution >= 0.6 is 0 Å². The molecule has 0 fully saturated rings. The summed E-state index contributed by atoms with van der Waals surface area (Å²) < 4.78 is 9.95. The average molecular weight is 207 g/mol. The Bertz CT molecular complexity index is 389. The molecule has 2 rings (SSSR count). The number of carbonyl (C=O) groups is 1. The Labute approximate surface area is 88.0 Å². The number of benzene rings is 1. The summed E-state index contributed by atoms with van der Waals surface area (Å²) in [5.74, 6) is 0.463. The molecule has 0 aliphatic carbocycles. The van der Waals surface area contributed by atoms with Crippen molar-refractivity contribution < 1.29 is 14.3 Å². The molecular formula is C11H13NO3. The third-order valence-electron chi connectivity index (χ3n) is 2.53. The van der Waals surface area contributed by atoms with E-state index in [2.05, 4.69) is 4.74 Å². The maximum absolute atomic E-state index is 11.2. The molecule has 0 aromatic heterocycles. The summed E-state index contributed by atoms with van der Waals surface area (Å²) in [6.07, 6.45) is 0.872. The number of fused-ring (bicyclic) bond motifs is 1. The standard InChI is InChI=1S/C11H13NO3/c1-14-11(13)10(12)8-2-3-9-7(6-8)4-5-15-9/h2-3,6,10H,4-5,12H2,1H3/t10-/m0/s1. The second kappa shape index (κ2) is 3.90. The van der Waals surface area contributed by atoms with E-state index in [9.17, 15) is 4.79 Å². The number of methoxy groups -OCH3 is 1. The van der Waals surface area contributed by atoms with Crippen molar-refractivity contribution in [1.29, 1.82) is 0 Å². The zero-order valence-corrected chi connectivity index (χ0v) is 8.53. The fourth-order valence-electron chi connectivity index (χ4n) is 1.66. The maximum Gasteiger partial charge on any atom is 0.327 e. The first-order valence-corrected chi connectivity index (χ1v) is 4.81. The summed E-state index contributed by atoms with van der Waals surface area (Å²) in [4.78, 5) is 11.2. The van der Waals surface area contributed by atoms with Gasteiger partial charge in [-0.05, 0) is 23.3 Å². The quantitative estimate of drug-likeness (QED) is 0.728. The first-order chi connectivity index (χ1) is 7.22. The van der Waals surface area contributed by atoms with Crippen molar-refractivity contribution in [2.24, 2.45) is 5.73 Å². The van der Waals surface area contributed by atoms with Gasteiger partial charge >= 0.3 is 5.97 Å². The van der Waals surface area contributed by atoms with Crippen LogP contribution in [0.25, 0.3) is 0 Å². The summed E-state index contributed by atoms with van der Waals surface area (Å²) in [6.45, 7) is 0.701. The average Bonchev–Trinajstić information content (AvgIpc) is 2.73. The fraction of sp³-hybridized carbons (Fsp3) is 0.364. The summed E-state index contributed by atoms with van der Waals surface area (Å²) in [5, 5.41) is 0. The highest BCUT2D eigenvalue weighted by Crippen LogP contribution is 2.27. The fourth-order valence-corrected chi connectivity index (χ4v) is 1.66. The molecule has 0 spiro atoms. The van der Waals surface area contributed by atoms with Crippen molar-refractivity contribution in [3.8, 4) is 5.75 Å². The van der Waals surface area contributed by atoms with Gasteiger partial charge in [-0.3, -0.25) is 4.79 Å². The highest BCUT2D eigenvalue weighted by Gasteiger charge is 2.19. The number of hydrogen-bond donors (Lipinski definition) is 1. The molecule has 1 atom stereocenters. The Morgan fingerprint density at radius 1 is 1.60 bits per heavy atom. The zero-order valence-electron chi connectivity index (χ0n) is 8.53. The van der Waals surface area contributed by atoms with Crippen molar-refractivity contribution in [2.45, 2.75) is 12.5 Å². The van der Waals surface area contributed by atoms with Gasteiger partial charge in [0.25, 0.3) is 0 Å². The molecule has 0 amide bonds. The van der Waals surface area contributed by atoms with Gasteiger partial charge in [-0.1, -0.05) is 6.07 Å². The lowest BCUT2D eigenvalue weighted by Gasteiger charge is -2.10. The minimum Gasteiger partial charge on any atom is -0.493 e. The van der Waals surface area contributed by atoms with E-state index in [1.807, 2.05) is 12.1 Å². The monoisotopic (exact) mass is 207 g/mol. The second-order valence-electron chi connectivity index (χ2n) is 3.47. The Kier molecular flexibility index (Phi) is 2.60. The van der Waals surface area contributed by atoms with Crippen LogP contribution in [0.1, 0.15) is 17.2 Å². The van der Waals surface area contributed by atoms with E-state index in [0.29, 0.717) is 6.61 Å². The van der Waals surface area contributed by atoms with Crippen LogP contribution in [-0.4, -0.2) is 19.7 Å². The Balaban J connectivity index is 2.26. The first-order valence-electron chi connectivity index (χ1n) is 4.81. The van der Waals surface area contributed by atoms with E-state index in [0.717, 1.165) is 23.3 Å². The number of rotatable bonds is 2.